The molecule has 2 rings (SSSR count). The van der Waals surface area contributed by atoms with Crippen LogP contribution in [-0.2, 0) is 4.79 Å². The number of amides is 1. The fourth-order valence-electron chi connectivity index (χ4n) is 3.70. The van der Waals surface area contributed by atoms with Crippen LogP contribution in [0.25, 0.3) is 0 Å². The quantitative estimate of drug-likeness (QED) is 0.820. The third-order valence-electron chi connectivity index (χ3n) is 4.89. The number of carbonyl (C=O) groups is 1. The summed E-state index contributed by atoms with van der Waals surface area (Å²) in [5.41, 5.74) is 6.08. The van der Waals surface area contributed by atoms with Gasteiger partial charge in [0.1, 0.15) is 0 Å². The summed E-state index contributed by atoms with van der Waals surface area (Å²) in [6, 6.07) is 0.736. The fourth-order valence-corrected chi connectivity index (χ4v) is 3.70. The zero-order chi connectivity index (χ0) is 14.0. The minimum Gasteiger partial charge on any atom is -0.340 e. The lowest BCUT2D eigenvalue weighted by Crippen LogP contribution is -2.55. The Kier molecular flexibility index (Phi) is 4.85. The van der Waals surface area contributed by atoms with Crippen LogP contribution in [0.5, 0.6) is 0 Å². The number of carbonyl (C=O) groups excluding carboxylic acids is 1. The molecule has 1 aliphatic heterocycles. The maximum absolute atomic E-state index is 12.7. The average Bonchev–Trinajstić information content (AvgIpc) is 2.37. The van der Waals surface area contributed by atoms with Crippen molar-refractivity contribution in [1.29, 1.82) is 0 Å². The SMILES string of the molecule is CCC1CN(C(=O)C2CC(C)CC(N)C2)CCN1C. The number of piperazine rings is 1. The van der Waals surface area contributed by atoms with Crippen molar-refractivity contribution in [2.45, 2.75) is 51.6 Å². The van der Waals surface area contributed by atoms with Crippen LogP contribution in [0.4, 0.5) is 0 Å². The molecule has 0 radical (unpaired) electrons. The van der Waals surface area contributed by atoms with Gasteiger partial charge in [0.15, 0.2) is 0 Å². The second kappa shape index (κ2) is 6.23. The molecule has 0 aromatic carbocycles. The van der Waals surface area contributed by atoms with E-state index in [-0.39, 0.29) is 12.0 Å². The molecule has 4 nitrogen and oxygen atoms in total. The predicted octanol–water partition coefficient (Wildman–Crippen LogP) is 1.30. The summed E-state index contributed by atoms with van der Waals surface area (Å²) in [7, 11) is 2.16. The third-order valence-corrected chi connectivity index (χ3v) is 4.89. The largest absolute Gasteiger partial charge is 0.340 e. The third kappa shape index (κ3) is 3.48. The van der Waals surface area contributed by atoms with E-state index < -0.39 is 0 Å². The molecule has 1 heterocycles. The molecule has 1 amide bonds. The molecule has 0 aromatic rings. The first-order chi connectivity index (χ1) is 9.01. The normalized spacial score (nSPS) is 37.4. The summed E-state index contributed by atoms with van der Waals surface area (Å²) in [6.07, 6.45) is 4.09. The van der Waals surface area contributed by atoms with Crippen molar-refractivity contribution in [2.75, 3.05) is 26.7 Å². The fraction of sp³-hybridized carbons (Fsp3) is 0.933. The molecule has 4 atom stereocenters. The van der Waals surface area contributed by atoms with E-state index in [2.05, 4.69) is 30.7 Å². The van der Waals surface area contributed by atoms with Gasteiger partial charge in [-0.3, -0.25) is 9.69 Å². The second-order valence-corrected chi connectivity index (χ2v) is 6.60. The Morgan fingerprint density at radius 2 is 2.00 bits per heavy atom. The van der Waals surface area contributed by atoms with E-state index in [9.17, 15) is 4.79 Å². The highest BCUT2D eigenvalue weighted by Gasteiger charge is 2.34. The van der Waals surface area contributed by atoms with Crippen molar-refractivity contribution in [3.8, 4) is 0 Å². The molecular formula is C15H29N3O. The van der Waals surface area contributed by atoms with Crippen LogP contribution in [0.1, 0.15) is 39.5 Å². The van der Waals surface area contributed by atoms with Crippen molar-refractivity contribution in [3.05, 3.63) is 0 Å². The van der Waals surface area contributed by atoms with Gasteiger partial charge in [-0.05, 0) is 38.6 Å². The van der Waals surface area contributed by atoms with Gasteiger partial charge in [0.05, 0.1) is 0 Å². The van der Waals surface area contributed by atoms with Gasteiger partial charge in [-0.1, -0.05) is 13.8 Å². The van der Waals surface area contributed by atoms with Crippen LogP contribution in [0.2, 0.25) is 0 Å². The van der Waals surface area contributed by atoms with Crippen LogP contribution in [0, 0.1) is 11.8 Å². The number of hydrogen-bond donors (Lipinski definition) is 1. The van der Waals surface area contributed by atoms with Gasteiger partial charge in [0.25, 0.3) is 0 Å². The van der Waals surface area contributed by atoms with Crippen molar-refractivity contribution in [1.82, 2.24) is 9.80 Å². The molecule has 19 heavy (non-hydrogen) atoms. The molecule has 1 saturated carbocycles. The molecular weight excluding hydrogens is 238 g/mol. The maximum atomic E-state index is 12.7. The maximum Gasteiger partial charge on any atom is 0.225 e. The predicted molar refractivity (Wildman–Crippen MR) is 77.8 cm³/mol. The molecule has 2 N–H and O–H groups in total. The van der Waals surface area contributed by atoms with Crippen molar-refractivity contribution >= 4 is 5.91 Å². The highest BCUT2D eigenvalue weighted by Crippen LogP contribution is 2.30. The summed E-state index contributed by atoms with van der Waals surface area (Å²) < 4.78 is 0. The monoisotopic (exact) mass is 267 g/mol. The van der Waals surface area contributed by atoms with E-state index in [1.807, 2.05) is 0 Å². The summed E-state index contributed by atoms with van der Waals surface area (Å²) in [5.74, 6) is 1.11. The van der Waals surface area contributed by atoms with Crippen LogP contribution < -0.4 is 5.73 Å². The highest BCUT2D eigenvalue weighted by atomic mass is 16.2. The summed E-state index contributed by atoms with van der Waals surface area (Å²) >= 11 is 0. The molecule has 2 aliphatic rings. The van der Waals surface area contributed by atoms with E-state index in [4.69, 9.17) is 5.73 Å². The van der Waals surface area contributed by atoms with Crippen molar-refractivity contribution in [3.63, 3.8) is 0 Å². The Balaban J connectivity index is 1.95. The van der Waals surface area contributed by atoms with Crippen molar-refractivity contribution in [2.24, 2.45) is 17.6 Å². The topological polar surface area (TPSA) is 49.6 Å². The van der Waals surface area contributed by atoms with Gasteiger partial charge in [-0.25, -0.2) is 0 Å². The number of rotatable bonds is 2. The molecule has 1 aliphatic carbocycles. The Morgan fingerprint density at radius 3 is 2.63 bits per heavy atom. The van der Waals surface area contributed by atoms with Crippen LogP contribution in [-0.4, -0.2) is 54.5 Å². The summed E-state index contributed by atoms with van der Waals surface area (Å²) in [5, 5.41) is 0. The Hall–Kier alpha value is -0.610. The standard InChI is InChI=1S/C15H29N3O/c1-4-14-10-18(6-5-17(14)3)15(19)12-7-11(2)8-13(16)9-12/h11-14H,4-10,16H2,1-3H3. The lowest BCUT2D eigenvalue weighted by molar-refractivity contribution is -0.140. The number of nitrogens with two attached hydrogens (primary N) is 1. The van der Waals surface area contributed by atoms with Gasteiger partial charge in [-0.2, -0.15) is 0 Å². The smallest absolute Gasteiger partial charge is 0.225 e. The van der Waals surface area contributed by atoms with E-state index in [1.54, 1.807) is 0 Å². The van der Waals surface area contributed by atoms with Gasteiger partial charge in [0.2, 0.25) is 5.91 Å². The molecule has 0 spiro atoms. The first-order valence-corrected chi connectivity index (χ1v) is 7.75. The molecule has 110 valence electrons. The summed E-state index contributed by atoms with van der Waals surface area (Å²) in [4.78, 5) is 17.1. The van der Waals surface area contributed by atoms with Gasteiger partial charge in [0, 0.05) is 37.6 Å². The van der Waals surface area contributed by atoms with E-state index in [0.29, 0.717) is 17.9 Å². The second-order valence-electron chi connectivity index (χ2n) is 6.60. The zero-order valence-corrected chi connectivity index (χ0v) is 12.6. The van der Waals surface area contributed by atoms with Crippen LogP contribution in [0.3, 0.4) is 0 Å². The molecule has 0 aromatic heterocycles. The average molecular weight is 267 g/mol. The van der Waals surface area contributed by atoms with Gasteiger partial charge in [-0.15, -0.1) is 0 Å². The molecule has 1 saturated heterocycles. The van der Waals surface area contributed by atoms with E-state index in [1.165, 1.54) is 0 Å². The van der Waals surface area contributed by atoms with E-state index >= 15 is 0 Å². The lowest BCUT2D eigenvalue weighted by Gasteiger charge is -2.41. The Labute approximate surface area is 117 Å². The number of nitrogens with zero attached hydrogens (tertiary/aromatic N) is 2. The van der Waals surface area contributed by atoms with Gasteiger partial charge >= 0.3 is 0 Å². The molecule has 4 unspecified atom stereocenters. The Morgan fingerprint density at radius 1 is 1.26 bits per heavy atom. The molecule has 4 heteroatoms. The van der Waals surface area contributed by atoms with Crippen LogP contribution >= 0.6 is 0 Å². The lowest BCUT2D eigenvalue weighted by atomic mass is 9.79. The van der Waals surface area contributed by atoms with E-state index in [0.717, 1.165) is 45.3 Å². The minimum absolute atomic E-state index is 0.166. The first kappa shape index (κ1) is 14.8. The highest BCUT2D eigenvalue weighted by molar-refractivity contribution is 5.79. The molecule has 2 fully saturated rings. The van der Waals surface area contributed by atoms with Gasteiger partial charge < -0.3 is 10.6 Å². The number of hydrogen-bond acceptors (Lipinski definition) is 3. The summed E-state index contributed by atoms with van der Waals surface area (Å²) in [6.45, 7) is 7.20. The minimum atomic E-state index is 0.166. The number of likely N-dealkylation sites (N-methyl/N-ethyl adjacent to an activating group) is 1. The Bertz CT molecular complexity index is 311. The van der Waals surface area contributed by atoms with Crippen LogP contribution in [0.15, 0.2) is 0 Å². The first-order valence-electron chi connectivity index (χ1n) is 7.75. The zero-order valence-electron chi connectivity index (χ0n) is 12.6. The molecule has 0 bridgehead atoms. The van der Waals surface area contributed by atoms with Crippen molar-refractivity contribution < 1.29 is 4.79 Å².